The topological polar surface area (TPSA) is 63.2 Å². The van der Waals surface area contributed by atoms with E-state index in [1.54, 1.807) is 30.3 Å². The molecule has 0 aliphatic carbocycles. The number of rotatable bonds is 4. The Morgan fingerprint density at radius 1 is 1.29 bits per heavy atom. The average molecular weight is 276 g/mol. The molecule has 94 valence electrons. The van der Waals surface area contributed by atoms with Crippen LogP contribution in [0.2, 0.25) is 0 Å². The number of halogens is 1. The van der Waals surface area contributed by atoms with Crippen molar-refractivity contribution in [2.45, 2.75) is 17.6 Å². The molecule has 0 heterocycles. The minimum atomic E-state index is -3.53. The van der Waals surface area contributed by atoms with Crippen LogP contribution < -0.4 is 5.32 Å². The van der Waals surface area contributed by atoms with Crippen molar-refractivity contribution in [3.8, 4) is 0 Å². The molecule has 4 nitrogen and oxygen atoms in total. The second-order valence-corrected chi connectivity index (χ2v) is 6.64. The number of carbonyl (C=O) groups excluding carboxylic acids is 1. The summed E-state index contributed by atoms with van der Waals surface area (Å²) in [4.78, 5) is 11.8. The molecule has 0 radical (unpaired) electrons. The number of carbonyl (C=O) groups is 1. The summed E-state index contributed by atoms with van der Waals surface area (Å²) >= 11 is 5.75. The molecule has 1 amide bonds. The Balaban J connectivity index is 2.88. The van der Waals surface area contributed by atoms with Gasteiger partial charge in [0, 0.05) is 11.9 Å². The monoisotopic (exact) mass is 275 g/mol. The van der Waals surface area contributed by atoms with E-state index in [1.807, 2.05) is 0 Å². The zero-order valence-electron chi connectivity index (χ0n) is 9.55. The Labute approximate surface area is 106 Å². The van der Waals surface area contributed by atoms with Gasteiger partial charge in [0.05, 0.1) is 5.38 Å². The highest BCUT2D eigenvalue weighted by atomic mass is 35.5. The normalized spacial score (nSPS) is 15.0. The molecule has 6 heteroatoms. The van der Waals surface area contributed by atoms with E-state index in [0.717, 1.165) is 6.26 Å². The van der Waals surface area contributed by atoms with Gasteiger partial charge < -0.3 is 5.32 Å². The SMILES string of the molecule is C[C@H](Cl)[C@@H](C(=O)Nc1ccccc1)S(C)(=O)=O. The van der Waals surface area contributed by atoms with Crippen molar-refractivity contribution in [1.29, 1.82) is 0 Å². The lowest BCUT2D eigenvalue weighted by Gasteiger charge is -2.16. The van der Waals surface area contributed by atoms with Crippen LogP contribution >= 0.6 is 11.6 Å². The Morgan fingerprint density at radius 3 is 2.24 bits per heavy atom. The summed E-state index contributed by atoms with van der Waals surface area (Å²) in [6.45, 7) is 1.48. The molecule has 0 fully saturated rings. The first kappa shape index (κ1) is 14.0. The lowest BCUT2D eigenvalue weighted by molar-refractivity contribution is -0.115. The maximum Gasteiger partial charge on any atom is 0.244 e. The predicted octanol–water partition coefficient (Wildman–Crippen LogP) is 1.67. The third-order valence-electron chi connectivity index (χ3n) is 2.18. The summed E-state index contributed by atoms with van der Waals surface area (Å²) < 4.78 is 22.9. The molecule has 0 aromatic heterocycles. The molecule has 1 aromatic carbocycles. The number of benzene rings is 1. The van der Waals surface area contributed by atoms with Crippen molar-refractivity contribution in [1.82, 2.24) is 0 Å². The second kappa shape index (κ2) is 5.51. The molecule has 0 unspecified atom stereocenters. The van der Waals surface area contributed by atoms with E-state index in [1.165, 1.54) is 6.92 Å². The second-order valence-electron chi connectivity index (χ2n) is 3.78. The molecule has 1 aromatic rings. The molecule has 0 spiro atoms. The fraction of sp³-hybridized carbons (Fsp3) is 0.364. The van der Waals surface area contributed by atoms with Gasteiger partial charge in [-0.1, -0.05) is 18.2 Å². The van der Waals surface area contributed by atoms with Gasteiger partial charge in [-0.05, 0) is 19.1 Å². The van der Waals surface area contributed by atoms with Crippen molar-refractivity contribution in [3.05, 3.63) is 30.3 Å². The van der Waals surface area contributed by atoms with Crippen LogP contribution in [-0.4, -0.2) is 31.2 Å². The van der Waals surface area contributed by atoms with E-state index in [9.17, 15) is 13.2 Å². The number of amides is 1. The van der Waals surface area contributed by atoms with Gasteiger partial charge in [-0.15, -0.1) is 11.6 Å². The molecule has 1 N–H and O–H groups in total. The first-order valence-electron chi connectivity index (χ1n) is 5.01. The Morgan fingerprint density at radius 2 is 1.82 bits per heavy atom. The van der Waals surface area contributed by atoms with Gasteiger partial charge in [0.1, 0.15) is 0 Å². The van der Waals surface area contributed by atoms with Gasteiger partial charge in [-0.2, -0.15) is 0 Å². The lowest BCUT2D eigenvalue weighted by atomic mass is 10.2. The van der Waals surface area contributed by atoms with Crippen LogP contribution in [0.5, 0.6) is 0 Å². The fourth-order valence-electron chi connectivity index (χ4n) is 1.48. The summed E-state index contributed by atoms with van der Waals surface area (Å²) in [6, 6.07) is 8.64. The predicted molar refractivity (Wildman–Crippen MR) is 69.0 cm³/mol. The summed E-state index contributed by atoms with van der Waals surface area (Å²) in [5.74, 6) is -0.610. The van der Waals surface area contributed by atoms with Crippen molar-refractivity contribution in [2.75, 3.05) is 11.6 Å². The maximum absolute atomic E-state index is 11.8. The standard InChI is InChI=1S/C11H14ClNO3S/c1-8(12)10(17(2,15)16)11(14)13-9-6-4-3-5-7-9/h3-8,10H,1-2H3,(H,13,14)/t8-,10-/m0/s1. The van der Waals surface area contributed by atoms with Crippen LogP contribution in [0, 0.1) is 0 Å². The van der Waals surface area contributed by atoms with E-state index in [4.69, 9.17) is 11.6 Å². The highest BCUT2D eigenvalue weighted by Crippen LogP contribution is 2.14. The Hall–Kier alpha value is -1.07. The van der Waals surface area contributed by atoms with Gasteiger partial charge in [-0.3, -0.25) is 4.79 Å². The van der Waals surface area contributed by atoms with E-state index in [0.29, 0.717) is 5.69 Å². The molecular weight excluding hydrogens is 262 g/mol. The van der Waals surface area contributed by atoms with E-state index in [2.05, 4.69) is 5.32 Å². The highest BCUT2D eigenvalue weighted by Gasteiger charge is 2.33. The minimum Gasteiger partial charge on any atom is -0.325 e. The zero-order chi connectivity index (χ0) is 13.1. The quantitative estimate of drug-likeness (QED) is 0.850. The number of alkyl halides is 1. The Kier molecular flexibility index (Phi) is 4.54. The van der Waals surface area contributed by atoms with E-state index >= 15 is 0 Å². The van der Waals surface area contributed by atoms with Crippen molar-refractivity contribution in [2.24, 2.45) is 0 Å². The average Bonchev–Trinajstić information content (AvgIpc) is 2.15. The van der Waals surface area contributed by atoms with Crippen LogP contribution in [-0.2, 0) is 14.6 Å². The molecule has 0 aliphatic rings. The number of hydrogen-bond donors (Lipinski definition) is 1. The van der Waals surface area contributed by atoms with Gasteiger partial charge in [0.25, 0.3) is 0 Å². The number of sulfone groups is 1. The molecule has 0 aliphatic heterocycles. The van der Waals surface area contributed by atoms with Crippen LogP contribution in [0.3, 0.4) is 0 Å². The van der Waals surface area contributed by atoms with Crippen molar-refractivity contribution in [3.63, 3.8) is 0 Å². The summed E-state index contributed by atoms with van der Waals surface area (Å²) in [7, 11) is -3.53. The Bertz CT molecular complexity index is 485. The van der Waals surface area contributed by atoms with Gasteiger partial charge >= 0.3 is 0 Å². The fourth-order valence-corrected chi connectivity index (χ4v) is 3.28. The highest BCUT2D eigenvalue weighted by molar-refractivity contribution is 7.92. The molecule has 0 saturated heterocycles. The van der Waals surface area contributed by atoms with Gasteiger partial charge in [-0.25, -0.2) is 8.42 Å². The van der Waals surface area contributed by atoms with Crippen molar-refractivity contribution < 1.29 is 13.2 Å². The molecule has 0 saturated carbocycles. The number of hydrogen-bond acceptors (Lipinski definition) is 3. The van der Waals surface area contributed by atoms with E-state index in [-0.39, 0.29) is 0 Å². The first-order chi connectivity index (χ1) is 7.82. The largest absolute Gasteiger partial charge is 0.325 e. The summed E-state index contributed by atoms with van der Waals surface area (Å²) in [6.07, 6.45) is 1.00. The molecule has 17 heavy (non-hydrogen) atoms. The molecule has 0 bridgehead atoms. The molecule has 2 atom stereocenters. The molecule has 1 rings (SSSR count). The van der Waals surface area contributed by atoms with Gasteiger partial charge in [0.2, 0.25) is 5.91 Å². The van der Waals surface area contributed by atoms with Gasteiger partial charge in [0.15, 0.2) is 15.1 Å². The number of nitrogens with one attached hydrogen (secondary N) is 1. The maximum atomic E-state index is 11.8. The number of para-hydroxylation sites is 1. The van der Waals surface area contributed by atoms with E-state index < -0.39 is 26.4 Å². The van der Waals surface area contributed by atoms with Crippen LogP contribution in [0.4, 0.5) is 5.69 Å². The third kappa shape index (κ3) is 4.02. The van der Waals surface area contributed by atoms with Crippen LogP contribution in [0.15, 0.2) is 30.3 Å². The van der Waals surface area contributed by atoms with Crippen LogP contribution in [0.1, 0.15) is 6.92 Å². The number of anilines is 1. The third-order valence-corrected chi connectivity index (χ3v) is 4.12. The summed E-state index contributed by atoms with van der Waals surface area (Å²) in [5, 5.41) is 0.498. The summed E-state index contributed by atoms with van der Waals surface area (Å²) in [5.41, 5.74) is 0.545. The van der Waals surface area contributed by atoms with Crippen LogP contribution in [0.25, 0.3) is 0 Å². The zero-order valence-corrected chi connectivity index (χ0v) is 11.1. The minimum absolute atomic E-state index is 0.545. The first-order valence-corrected chi connectivity index (χ1v) is 7.40. The molecular formula is C11H14ClNO3S. The lowest BCUT2D eigenvalue weighted by Crippen LogP contribution is -2.40. The van der Waals surface area contributed by atoms with Crippen molar-refractivity contribution >= 4 is 33.0 Å². The smallest absolute Gasteiger partial charge is 0.244 e.